The second-order valence-corrected chi connectivity index (χ2v) is 5.92. The summed E-state index contributed by atoms with van der Waals surface area (Å²) < 4.78 is 12.7. The molecule has 3 rings (SSSR count). The van der Waals surface area contributed by atoms with Crippen LogP contribution in [0.15, 0.2) is 30.5 Å². The lowest BCUT2D eigenvalue weighted by molar-refractivity contribution is -0.132. The molecule has 2 heterocycles. The predicted octanol–water partition coefficient (Wildman–Crippen LogP) is 0.707. The number of likely N-dealkylation sites (tertiary alicyclic amines) is 1. The van der Waals surface area contributed by atoms with Gasteiger partial charge in [0.05, 0.1) is 29.3 Å². The van der Waals surface area contributed by atoms with E-state index in [4.69, 9.17) is 14.7 Å². The molecule has 1 aromatic heterocycles. The normalized spacial score (nSPS) is 19.6. The van der Waals surface area contributed by atoms with Crippen molar-refractivity contribution in [2.75, 3.05) is 26.8 Å². The summed E-state index contributed by atoms with van der Waals surface area (Å²) in [5.41, 5.74) is 1.37. The molecule has 0 radical (unpaired) electrons. The van der Waals surface area contributed by atoms with Gasteiger partial charge in [-0.05, 0) is 24.3 Å². The third kappa shape index (κ3) is 3.78. The van der Waals surface area contributed by atoms with Crippen LogP contribution >= 0.6 is 0 Å². The van der Waals surface area contributed by atoms with E-state index < -0.39 is 0 Å². The highest BCUT2D eigenvalue weighted by Gasteiger charge is 2.38. The molecule has 0 aliphatic carbocycles. The summed E-state index contributed by atoms with van der Waals surface area (Å²) in [5, 5.41) is 16.9. The van der Waals surface area contributed by atoms with Crippen molar-refractivity contribution in [1.82, 2.24) is 19.9 Å². The van der Waals surface area contributed by atoms with E-state index in [2.05, 4.69) is 10.3 Å². The molecule has 1 amide bonds. The van der Waals surface area contributed by atoms with Gasteiger partial charge in [0, 0.05) is 33.4 Å². The van der Waals surface area contributed by atoms with E-state index in [0.29, 0.717) is 24.4 Å². The number of carbonyl (C=O) groups excluding carboxylic acids is 1. The molecular weight excluding hydrogens is 322 g/mol. The predicted molar refractivity (Wildman–Crippen MR) is 87.8 cm³/mol. The molecule has 0 spiro atoms. The molecule has 0 N–H and O–H groups in total. The van der Waals surface area contributed by atoms with Crippen LogP contribution in [0.5, 0.6) is 5.75 Å². The van der Waals surface area contributed by atoms with Crippen LogP contribution < -0.4 is 4.74 Å². The molecule has 0 saturated carbocycles. The highest BCUT2D eigenvalue weighted by atomic mass is 16.5. The van der Waals surface area contributed by atoms with E-state index in [0.717, 1.165) is 5.69 Å². The van der Waals surface area contributed by atoms with E-state index >= 15 is 0 Å². The van der Waals surface area contributed by atoms with E-state index in [1.165, 1.54) is 0 Å². The second kappa shape index (κ2) is 7.32. The number of amides is 1. The van der Waals surface area contributed by atoms with E-state index in [-0.39, 0.29) is 24.5 Å². The van der Waals surface area contributed by atoms with Crippen LogP contribution in [0.25, 0.3) is 0 Å². The quantitative estimate of drug-likeness (QED) is 0.795. The Hall–Kier alpha value is -2.92. The zero-order chi connectivity index (χ0) is 17.8. The average molecular weight is 341 g/mol. The topological polar surface area (TPSA) is 93.3 Å². The molecule has 8 heteroatoms. The van der Waals surface area contributed by atoms with Crippen LogP contribution in [-0.2, 0) is 16.6 Å². The van der Waals surface area contributed by atoms with Gasteiger partial charge in [-0.3, -0.25) is 9.48 Å². The van der Waals surface area contributed by atoms with E-state index in [1.54, 1.807) is 41.0 Å². The summed E-state index contributed by atoms with van der Waals surface area (Å²) in [7, 11) is 3.44. The number of rotatable bonds is 5. The van der Waals surface area contributed by atoms with Gasteiger partial charge < -0.3 is 14.4 Å². The molecule has 1 fully saturated rings. The maximum Gasteiger partial charge on any atom is 0.260 e. The Morgan fingerprint density at radius 3 is 2.72 bits per heavy atom. The molecule has 1 aliphatic heterocycles. The van der Waals surface area contributed by atoms with Crippen molar-refractivity contribution < 1.29 is 14.3 Å². The van der Waals surface area contributed by atoms with E-state index in [9.17, 15) is 4.79 Å². The first-order valence-corrected chi connectivity index (χ1v) is 7.90. The third-order valence-corrected chi connectivity index (χ3v) is 4.27. The van der Waals surface area contributed by atoms with Gasteiger partial charge in [0.15, 0.2) is 6.61 Å². The number of benzene rings is 1. The number of carbonyl (C=O) groups is 1. The minimum Gasteiger partial charge on any atom is -0.484 e. The second-order valence-electron chi connectivity index (χ2n) is 5.92. The van der Waals surface area contributed by atoms with Crippen LogP contribution in [0.4, 0.5) is 0 Å². The minimum absolute atomic E-state index is 0.00226. The SMILES string of the molecule is CO[C@@H]1CN(C(=O)COc2ccc(C#N)cc2)C[C@H]1c1cn(C)nn1. The van der Waals surface area contributed by atoms with Gasteiger partial charge in [0.25, 0.3) is 5.91 Å². The first kappa shape index (κ1) is 16.9. The monoisotopic (exact) mass is 341 g/mol. The van der Waals surface area contributed by atoms with Crippen LogP contribution in [0.2, 0.25) is 0 Å². The number of nitriles is 1. The Labute approximate surface area is 145 Å². The molecule has 2 aromatic rings. The van der Waals surface area contributed by atoms with Crippen molar-refractivity contribution in [3.8, 4) is 11.8 Å². The van der Waals surface area contributed by atoms with Crippen LogP contribution in [0.1, 0.15) is 17.2 Å². The lowest BCUT2D eigenvalue weighted by Gasteiger charge is -2.16. The molecule has 0 bridgehead atoms. The van der Waals surface area contributed by atoms with Crippen LogP contribution in [0.3, 0.4) is 0 Å². The van der Waals surface area contributed by atoms with Crippen molar-refractivity contribution in [2.24, 2.45) is 7.05 Å². The molecule has 0 unspecified atom stereocenters. The van der Waals surface area contributed by atoms with Gasteiger partial charge in [-0.15, -0.1) is 5.10 Å². The average Bonchev–Trinajstić information content (AvgIpc) is 3.26. The Bertz CT molecular complexity index is 780. The van der Waals surface area contributed by atoms with Gasteiger partial charge in [-0.25, -0.2) is 0 Å². The number of nitrogens with zero attached hydrogens (tertiary/aromatic N) is 5. The molecular formula is C17H19N5O3. The molecule has 1 aliphatic rings. The summed E-state index contributed by atoms with van der Waals surface area (Å²) in [5.74, 6) is 0.440. The summed E-state index contributed by atoms with van der Waals surface area (Å²) >= 11 is 0. The Balaban J connectivity index is 1.59. The fourth-order valence-electron chi connectivity index (χ4n) is 2.90. The lowest BCUT2D eigenvalue weighted by Crippen LogP contribution is -2.33. The van der Waals surface area contributed by atoms with Gasteiger partial charge >= 0.3 is 0 Å². The highest BCUT2D eigenvalue weighted by Crippen LogP contribution is 2.28. The Morgan fingerprint density at radius 1 is 1.36 bits per heavy atom. The standard InChI is InChI=1S/C17H19N5O3/c1-21-9-15(19-20-21)14-8-22(10-16(14)24-2)17(23)11-25-13-5-3-12(7-18)4-6-13/h3-6,9,14,16H,8,10-11H2,1-2H3/t14-,16+/m0/s1. The third-order valence-electron chi connectivity index (χ3n) is 4.27. The zero-order valence-corrected chi connectivity index (χ0v) is 14.1. The Morgan fingerprint density at radius 2 is 2.12 bits per heavy atom. The summed E-state index contributed by atoms with van der Waals surface area (Å²) in [6, 6.07) is 8.70. The van der Waals surface area contributed by atoms with Crippen LogP contribution in [-0.4, -0.2) is 58.7 Å². The van der Waals surface area contributed by atoms with E-state index in [1.807, 2.05) is 19.3 Å². The highest BCUT2D eigenvalue weighted by molar-refractivity contribution is 5.78. The number of aromatic nitrogens is 3. The summed E-state index contributed by atoms with van der Waals surface area (Å²) in [4.78, 5) is 14.2. The zero-order valence-electron chi connectivity index (χ0n) is 14.1. The molecule has 25 heavy (non-hydrogen) atoms. The molecule has 130 valence electrons. The molecule has 1 aromatic carbocycles. The van der Waals surface area contributed by atoms with Crippen molar-refractivity contribution in [3.05, 3.63) is 41.7 Å². The maximum absolute atomic E-state index is 12.4. The number of hydrogen-bond acceptors (Lipinski definition) is 6. The summed E-state index contributed by atoms with van der Waals surface area (Å²) in [6.07, 6.45) is 1.73. The first-order chi connectivity index (χ1) is 12.1. The van der Waals surface area contributed by atoms with Crippen molar-refractivity contribution in [1.29, 1.82) is 5.26 Å². The van der Waals surface area contributed by atoms with Crippen LogP contribution in [0, 0.1) is 11.3 Å². The van der Waals surface area contributed by atoms with Gasteiger partial charge in [-0.1, -0.05) is 5.21 Å². The molecule has 2 atom stereocenters. The maximum atomic E-state index is 12.4. The van der Waals surface area contributed by atoms with Gasteiger partial charge in [0.1, 0.15) is 5.75 Å². The molecule has 1 saturated heterocycles. The number of aryl methyl sites for hydroxylation is 1. The van der Waals surface area contributed by atoms with Crippen molar-refractivity contribution in [2.45, 2.75) is 12.0 Å². The minimum atomic E-state index is -0.115. The number of hydrogen-bond donors (Lipinski definition) is 0. The van der Waals surface area contributed by atoms with Crippen molar-refractivity contribution in [3.63, 3.8) is 0 Å². The van der Waals surface area contributed by atoms with Crippen molar-refractivity contribution >= 4 is 5.91 Å². The summed E-state index contributed by atoms with van der Waals surface area (Å²) in [6.45, 7) is 0.954. The molecule has 8 nitrogen and oxygen atoms in total. The number of methoxy groups -OCH3 is 1. The van der Waals surface area contributed by atoms with Gasteiger partial charge in [0.2, 0.25) is 0 Å². The number of ether oxygens (including phenoxy) is 2. The largest absolute Gasteiger partial charge is 0.484 e. The first-order valence-electron chi connectivity index (χ1n) is 7.90. The fraction of sp³-hybridized carbons (Fsp3) is 0.412. The van der Waals surface area contributed by atoms with Gasteiger partial charge in [-0.2, -0.15) is 5.26 Å². The fourth-order valence-corrected chi connectivity index (χ4v) is 2.90. The smallest absolute Gasteiger partial charge is 0.260 e. The lowest BCUT2D eigenvalue weighted by atomic mass is 10.0. The Kier molecular flexibility index (Phi) is 4.95.